The van der Waals surface area contributed by atoms with Gasteiger partial charge in [-0.2, -0.15) is 0 Å². The van der Waals surface area contributed by atoms with Crippen molar-refractivity contribution < 1.29 is 13.2 Å². The third-order valence-corrected chi connectivity index (χ3v) is 5.29. The number of benzene rings is 1. The number of aryl methyl sites for hydroxylation is 1. The van der Waals surface area contributed by atoms with Gasteiger partial charge in [0.25, 0.3) is 0 Å². The van der Waals surface area contributed by atoms with Gasteiger partial charge in [0.05, 0.1) is 23.0 Å². The highest BCUT2D eigenvalue weighted by Crippen LogP contribution is 2.29. The molecule has 1 aromatic heterocycles. The van der Waals surface area contributed by atoms with Crippen molar-refractivity contribution in [2.45, 2.75) is 4.90 Å². The second-order valence-corrected chi connectivity index (χ2v) is 7.25. The Morgan fingerprint density at radius 1 is 1.29 bits per heavy atom. The minimum atomic E-state index is -3.83. The Labute approximate surface area is 127 Å². The first-order chi connectivity index (χ1) is 9.70. The van der Waals surface area contributed by atoms with Crippen molar-refractivity contribution in [1.82, 2.24) is 8.87 Å². The van der Waals surface area contributed by atoms with E-state index < -0.39 is 15.5 Å². The topological polar surface area (TPSA) is 68.6 Å². The third-order valence-electron chi connectivity index (χ3n) is 3.19. The zero-order valence-electron chi connectivity index (χ0n) is 12.0. The molecule has 0 unspecified atom stereocenters. The van der Waals surface area contributed by atoms with E-state index in [9.17, 15) is 13.2 Å². The summed E-state index contributed by atoms with van der Waals surface area (Å²) < 4.78 is 32.1. The summed E-state index contributed by atoms with van der Waals surface area (Å²) in [6.07, 6.45) is 1.29. The molecule has 0 atom stereocenters. The van der Waals surface area contributed by atoms with Gasteiger partial charge in [0.15, 0.2) is 0 Å². The van der Waals surface area contributed by atoms with Crippen LogP contribution in [0.2, 0.25) is 5.02 Å². The van der Waals surface area contributed by atoms with Gasteiger partial charge in [-0.15, -0.1) is 0 Å². The number of hydrogen-bond acceptors (Lipinski definition) is 4. The number of rotatable bonds is 3. The number of hydrogen-bond donors (Lipinski definition) is 0. The molecule has 0 saturated carbocycles. The van der Waals surface area contributed by atoms with E-state index in [0.717, 1.165) is 4.31 Å². The van der Waals surface area contributed by atoms with Crippen molar-refractivity contribution in [3.05, 3.63) is 33.6 Å². The van der Waals surface area contributed by atoms with Crippen LogP contribution in [-0.2, 0) is 17.1 Å². The van der Waals surface area contributed by atoms with Crippen molar-refractivity contribution in [2.75, 3.05) is 21.2 Å². The molecule has 0 spiro atoms. The molecule has 8 heteroatoms. The van der Waals surface area contributed by atoms with Crippen LogP contribution in [0.1, 0.15) is 0 Å². The van der Waals surface area contributed by atoms with Crippen molar-refractivity contribution in [3.63, 3.8) is 0 Å². The van der Waals surface area contributed by atoms with Crippen LogP contribution in [-0.4, -0.2) is 38.5 Å². The summed E-state index contributed by atoms with van der Waals surface area (Å²) in [5.41, 5.74) is -0.0460. The van der Waals surface area contributed by atoms with E-state index in [0.29, 0.717) is 16.3 Å². The number of aromatic nitrogens is 1. The molecule has 0 amide bonds. The number of nitrogens with zero attached hydrogens (tertiary/aromatic N) is 2. The lowest BCUT2D eigenvalue weighted by Crippen LogP contribution is -2.28. The first-order valence-corrected chi connectivity index (χ1v) is 7.81. The van der Waals surface area contributed by atoms with Crippen molar-refractivity contribution in [1.29, 1.82) is 0 Å². The Morgan fingerprint density at radius 3 is 2.43 bits per heavy atom. The number of ether oxygens (including phenoxy) is 1. The summed E-state index contributed by atoms with van der Waals surface area (Å²) in [7, 11) is 2.01. The van der Waals surface area contributed by atoms with Crippen LogP contribution in [0.3, 0.4) is 0 Å². The highest BCUT2D eigenvalue weighted by Gasteiger charge is 2.23. The smallest absolute Gasteiger partial charge is 0.247 e. The van der Waals surface area contributed by atoms with Gasteiger partial charge in [-0.05, 0) is 12.1 Å². The van der Waals surface area contributed by atoms with Crippen LogP contribution in [0.5, 0.6) is 5.75 Å². The molecule has 0 N–H and O–H groups in total. The van der Waals surface area contributed by atoms with Gasteiger partial charge >= 0.3 is 0 Å². The number of fused-ring (bicyclic) bond motifs is 1. The molecule has 0 aliphatic rings. The van der Waals surface area contributed by atoms with Crippen LogP contribution in [0.15, 0.2) is 28.0 Å². The maximum absolute atomic E-state index is 12.5. The first-order valence-electron chi connectivity index (χ1n) is 5.99. The average molecular weight is 331 g/mol. The first kappa shape index (κ1) is 15.8. The van der Waals surface area contributed by atoms with Crippen LogP contribution in [0.25, 0.3) is 10.9 Å². The number of pyridine rings is 1. The number of methoxy groups -OCH3 is 1. The fourth-order valence-electron chi connectivity index (χ4n) is 1.99. The molecule has 0 radical (unpaired) electrons. The molecule has 2 rings (SSSR count). The van der Waals surface area contributed by atoms with E-state index in [1.54, 1.807) is 17.7 Å². The minimum Gasteiger partial charge on any atom is -0.495 e. The highest BCUT2D eigenvalue weighted by molar-refractivity contribution is 7.89. The fourth-order valence-corrected chi connectivity index (χ4v) is 3.25. The van der Waals surface area contributed by atoms with Crippen LogP contribution in [0.4, 0.5) is 0 Å². The van der Waals surface area contributed by atoms with Crippen LogP contribution in [0, 0.1) is 0 Å². The van der Waals surface area contributed by atoms with E-state index in [1.165, 1.54) is 33.5 Å². The summed E-state index contributed by atoms with van der Waals surface area (Å²) in [6, 6.07) is 3.03. The van der Waals surface area contributed by atoms with Gasteiger partial charge in [0, 0.05) is 27.3 Å². The SMILES string of the molecule is COc1cc2c(=O)c(S(=O)(=O)N(C)C)cn(C)c2cc1Cl. The Morgan fingerprint density at radius 2 is 1.90 bits per heavy atom. The molecule has 1 aromatic carbocycles. The van der Waals surface area contributed by atoms with E-state index >= 15 is 0 Å². The minimum absolute atomic E-state index is 0.238. The molecule has 0 saturated heterocycles. The molecule has 0 aliphatic heterocycles. The third kappa shape index (κ3) is 2.52. The summed E-state index contributed by atoms with van der Waals surface area (Å²) in [6.45, 7) is 0. The molecule has 6 nitrogen and oxygen atoms in total. The van der Waals surface area contributed by atoms with Crippen molar-refractivity contribution in [3.8, 4) is 5.75 Å². The fraction of sp³-hybridized carbons (Fsp3) is 0.308. The average Bonchev–Trinajstić information content (AvgIpc) is 2.42. The van der Waals surface area contributed by atoms with Crippen molar-refractivity contribution in [2.24, 2.45) is 7.05 Å². The second-order valence-electron chi connectivity index (χ2n) is 4.72. The zero-order chi connectivity index (χ0) is 15.9. The van der Waals surface area contributed by atoms with Crippen LogP contribution < -0.4 is 10.2 Å². The molecular weight excluding hydrogens is 316 g/mol. The predicted octanol–water partition coefficient (Wildman–Crippen LogP) is 1.45. The second kappa shape index (κ2) is 5.32. The van der Waals surface area contributed by atoms with Gasteiger partial charge in [0.2, 0.25) is 15.5 Å². The molecule has 0 fully saturated rings. The van der Waals surface area contributed by atoms with E-state index in [2.05, 4.69) is 0 Å². The maximum atomic E-state index is 12.5. The Hall–Kier alpha value is -1.57. The Bertz CT molecular complexity index is 872. The molecule has 21 heavy (non-hydrogen) atoms. The van der Waals surface area contributed by atoms with Crippen molar-refractivity contribution >= 4 is 32.5 Å². The summed E-state index contributed by atoms with van der Waals surface area (Å²) >= 11 is 6.04. The lowest BCUT2D eigenvalue weighted by Gasteiger charge is -2.14. The van der Waals surface area contributed by atoms with Gasteiger partial charge in [0.1, 0.15) is 10.6 Å². The van der Waals surface area contributed by atoms with Gasteiger partial charge in [-0.25, -0.2) is 12.7 Å². The summed E-state index contributed by atoms with van der Waals surface area (Å²) in [5.74, 6) is 0.320. The largest absolute Gasteiger partial charge is 0.495 e. The van der Waals surface area contributed by atoms with Gasteiger partial charge in [-0.3, -0.25) is 4.79 Å². The standard InChI is InChI=1S/C13H15ClN2O4S/c1-15(2)21(18,19)12-7-16(3)10-6-9(14)11(20-4)5-8(10)13(12)17/h5-7H,1-4H3. The molecule has 114 valence electrons. The molecular formula is C13H15ClN2O4S. The lowest BCUT2D eigenvalue weighted by molar-refractivity contribution is 0.415. The lowest BCUT2D eigenvalue weighted by atomic mass is 10.2. The normalized spacial score (nSPS) is 12.1. The quantitative estimate of drug-likeness (QED) is 0.854. The number of halogens is 1. The summed E-state index contributed by atoms with van der Waals surface area (Å²) in [5, 5.41) is 0.588. The molecule has 1 heterocycles. The monoisotopic (exact) mass is 330 g/mol. The van der Waals surface area contributed by atoms with E-state index in [-0.39, 0.29) is 10.3 Å². The number of sulfonamides is 1. The Kier molecular flexibility index (Phi) is 4.01. The highest BCUT2D eigenvalue weighted by atomic mass is 35.5. The summed E-state index contributed by atoms with van der Waals surface area (Å²) in [4.78, 5) is 12.2. The molecule has 0 aliphatic carbocycles. The molecule has 0 bridgehead atoms. The van der Waals surface area contributed by atoms with Crippen LogP contribution >= 0.6 is 11.6 Å². The Balaban J connectivity index is 2.94. The zero-order valence-corrected chi connectivity index (χ0v) is 13.6. The van der Waals surface area contributed by atoms with Gasteiger partial charge < -0.3 is 9.30 Å². The van der Waals surface area contributed by atoms with E-state index in [1.807, 2.05) is 0 Å². The maximum Gasteiger partial charge on any atom is 0.247 e. The molecule has 2 aromatic rings. The van der Waals surface area contributed by atoms with E-state index in [4.69, 9.17) is 16.3 Å². The predicted molar refractivity (Wildman–Crippen MR) is 81.6 cm³/mol. The van der Waals surface area contributed by atoms with Gasteiger partial charge in [-0.1, -0.05) is 11.6 Å².